The van der Waals surface area contributed by atoms with Crippen LogP contribution in [0.15, 0.2) is 41.0 Å². The van der Waals surface area contributed by atoms with E-state index in [1.54, 1.807) is 11.1 Å². The summed E-state index contributed by atoms with van der Waals surface area (Å²) in [5.74, 6) is -1.10. The standard InChI is InChI=1S/C19H19BrN4O2.ClH/c20-15-3-1-2-4-17(15)24-8-6-14(19(24)26)18(25)23-13-9-12-10-21-7-5-16(12)22-11-13;/h1-4,9,11,14,21H,5-8,10H2,(H,23,25);1H. The van der Waals surface area contributed by atoms with E-state index in [4.69, 9.17) is 0 Å². The summed E-state index contributed by atoms with van der Waals surface area (Å²) in [6, 6.07) is 9.49. The molecule has 1 unspecified atom stereocenters. The molecule has 1 aromatic carbocycles. The van der Waals surface area contributed by atoms with Crippen LogP contribution in [0.5, 0.6) is 0 Å². The van der Waals surface area contributed by atoms with Gasteiger partial charge in [-0.05, 0) is 46.1 Å². The Balaban J connectivity index is 0.00000210. The number of fused-ring (bicyclic) bond motifs is 1. The number of anilines is 2. The molecule has 1 atom stereocenters. The number of pyridine rings is 1. The largest absolute Gasteiger partial charge is 0.324 e. The lowest BCUT2D eigenvalue weighted by Gasteiger charge is -2.19. The number of halogens is 2. The predicted octanol–water partition coefficient (Wildman–Crippen LogP) is 2.90. The second kappa shape index (κ2) is 8.37. The normalized spacial score (nSPS) is 18.6. The minimum atomic E-state index is -0.670. The molecule has 142 valence electrons. The molecule has 2 N–H and O–H groups in total. The van der Waals surface area contributed by atoms with Gasteiger partial charge in [0.2, 0.25) is 11.8 Å². The Morgan fingerprint density at radius 1 is 1.33 bits per heavy atom. The van der Waals surface area contributed by atoms with Crippen molar-refractivity contribution < 1.29 is 9.59 Å². The van der Waals surface area contributed by atoms with Crippen molar-refractivity contribution in [2.24, 2.45) is 5.92 Å². The van der Waals surface area contributed by atoms with Crippen LogP contribution in [0.25, 0.3) is 0 Å². The highest BCUT2D eigenvalue weighted by Crippen LogP contribution is 2.31. The number of hydrogen-bond acceptors (Lipinski definition) is 4. The second-order valence-corrected chi connectivity index (χ2v) is 7.38. The molecule has 2 aromatic rings. The molecule has 0 spiro atoms. The molecule has 27 heavy (non-hydrogen) atoms. The quantitative estimate of drug-likeness (QED) is 0.704. The summed E-state index contributed by atoms with van der Waals surface area (Å²) in [6.45, 7) is 2.21. The molecule has 2 aliphatic heterocycles. The molecule has 0 bridgehead atoms. The van der Waals surface area contributed by atoms with Gasteiger partial charge in [-0.3, -0.25) is 14.6 Å². The maximum absolute atomic E-state index is 12.7. The smallest absolute Gasteiger partial charge is 0.239 e. The molecular weight excluding hydrogens is 432 g/mol. The van der Waals surface area contributed by atoms with Crippen molar-refractivity contribution in [3.63, 3.8) is 0 Å². The first-order valence-corrected chi connectivity index (χ1v) is 9.48. The Hall–Kier alpha value is -1.96. The van der Waals surface area contributed by atoms with Gasteiger partial charge in [-0.2, -0.15) is 0 Å². The topological polar surface area (TPSA) is 74.3 Å². The molecule has 0 aliphatic carbocycles. The highest BCUT2D eigenvalue weighted by atomic mass is 79.9. The van der Waals surface area contributed by atoms with Gasteiger partial charge in [-0.15, -0.1) is 12.4 Å². The fourth-order valence-corrected chi connectivity index (χ4v) is 3.98. The SMILES string of the molecule is Cl.O=C(Nc1cnc2c(c1)CNCC2)C1CCN(c2ccccc2Br)C1=O. The van der Waals surface area contributed by atoms with E-state index in [0.29, 0.717) is 18.7 Å². The predicted molar refractivity (Wildman–Crippen MR) is 110 cm³/mol. The van der Waals surface area contributed by atoms with Crippen molar-refractivity contribution in [2.75, 3.05) is 23.3 Å². The van der Waals surface area contributed by atoms with Crippen LogP contribution in [0, 0.1) is 5.92 Å². The summed E-state index contributed by atoms with van der Waals surface area (Å²) in [6.07, 6.45) is 3.07. The fourth-order valence-electron chi connectivity index (χ4n) is 3.48. The summed E-state index contributed by atoms with van der Waals surface area (Å²) in [7, 11) is 0. The van der Waals surface area contributed by atoms with E-state index in [1.165, 1.54) is 0 Å². The van der Waals surface area contributed by atoms with E-state index in [0.717, 1.165) is 40.9 Å². The van der Waals surface area contributed by atoms with Crippen LogP contribution in [0.2, 0.25) is 0 Å². The molecule has 1 saturated heterocycles. The summed E-state index contributed by atoms with van der Waals surface area (Å²) >= 11 is 3.47. The molecule has 1 aromatic heterocycles. The molecule has 0 saturated carbocycles. The second-order valence-electron chi connectivity index (χ2n) is 6.53. The highest BCUT2D eigenvalue weighted by Gasteiger charge is 2.38. The van der Waals surface area contributed by atoms with E-state index in [9.17, 15) is 9.59 Å². The lowest BCUT2D eigenvalue weighted by atomic mass is 10.1. The third kappa shape index (κ3) is 4.00. The average Bonchev–Trinajstić information content (AvgIpc) is 3.03. The number of amides is 2. The van der Waals surface area contributed by atoms with Crippen LogP contribution in [-0.2, 0) is 22.6 Å². The lowest BCUT2D eigenvalue weighted by Crippen LogP contribution is -2.33. The number of aromatic nitrogens is 1. The van der Waals surface area contributed by atoms with E-state index < -0.39 is 5.92 Å². The molecular formula is C19H20BrClN4O2. The molecule has 8 heteroatoms. The van der Waals surface area contributed by atoms with E-state index in [-0.39, 0.29) is 24.2 Å². The Labute approximate surface area is 172 Å². The Morgan fingerprint density at radius 2 is 2.15 bits per heavy atom. The van der Waals surface area contributed by atoms with Crippen molar-refractivity contribution in [2.45, 2.75) is 19.4 Å². The number of rotatable bonds is 3. The van der Waals surface area contributed by atoms with Crippen molar-refractivity contribution in [1.82, 2.24) is 10.3 Å². The highest BCUT2D eigenvalue weighted by molar-refractivity contribution is 9.10. The van der Waals surface area contributed by atoms with Crippen LogP contribution in [-0.4, -0.2) is 29.9 Å². The first-order valence-electron chi connectivity index (χ1n) is 8.69. The minimum Gasteiger partial charge on any atom is -0.324 e. The molecule has 2 aliphatic rings. The summed E-state index contributed by atoms with van der Waals surface area (Å²) in [5, 5.41) is 6.16. The molecule has 1 fully saturated rings. The third-order valence-corrected chi connectivity index (χ3v) is 5.52. The van der Waals surface area contributed by atoms with Crippen LogP contribution in [0.3, 0.4) is 0 Å². The number of carbonyl (C=O) groups is 2. The van der Waals surface area contributed by atoms with Crippen LogP contribution in [0.4, 0.5) is 11.4 Å². The summed E-state index contributed by atoms with van der Waals surface area (Å²) in [4.78, 5) is 31.5. The van der Waals surface area contributed by atoms with Gasteiger partial charge in [0.1, 0.15) is 5.92 Å². The number of nitrogens with zero attached hydrogens (tertiary/aromatic N) is 2. The third-order valence-electron chi connectivity index (χ3n) is 4.85. The number of para-hydroxylation sites is 1. The van der Waals surface area contributed by atoms with Crippen molar-refractivity contribution in [3.8, 4) is 0 Å². The van der Waals surface area contributed by atoms with Crippen molar-refractivity contribution in [3.05, 3.63) is 52.3 Å². The molecule has 2 amide bonds. The number of benzene rings is 1. The first-order chi connectivity index (χ1) is 12.6. The van der Waals surface area contributed by atoms with Gasteiger partial charge >= 0.3 is 0 Å². The summed E-state index contributed by atoms with van der Waals surface area (Å²) in [5.41, 5.74) is 3.61. The van der Waals surface area contributed by atoms with Gasteiger partial charge in [0.05, 0.1) is 17.6 Å². The maximum atomic E-state index is 12.7. The van der Waals surface area contributed by atoms with E-state index in [2.05, 4.69) is 31.5 Å². The Morgan fingerprint density at radius 3 is 2.96 bits per heavy atom. The summed E-state index contributed by atoms with van der Waals surface area (Å²) < 4.78 is 0.848. The lowest BCUT2D eigenvalue weighted by molar-refractivity contribution is -0.129. The van der Waals surface area contributed by atoms with Crippen LogP contribution >= 0.6 is 28.3 Å². The van der Waals surface area contributed by atoms with Gasteiger partial charge in [-0.1, -0.05) is 12.1 Å². The minimum absolute atomic E-state index is 0. The van der Waals surface area contributed by atoms with Crippen molar-refractivity contribution in [1.29, 1.82) is 0 Å². The number of carbonyl (C=O) groups excluding carboxylic acids is 2. The van der Waals surface area contributed by atoms with Gasteiger partial charge in [-0.25, -0.2) is 0 Å². The first kappa shape index (κ1) is 19.8. The van der Waals surface area contributed by atoms with Gasteiger partial charge in [0.15, 0.2) is 0 Å². The van der Waals surface area contributed by atoms with Gasteiger partial charge in [0, 0.05) is 36.2 Å². The van der Waals surface area contributed by atoms with Crippen LogP contribution < -0.4 is 15.5 Å². The maximum Gasteiger partial charge on any atom is 0.239 e. The molecule has 0 radical (unpaired) electrons. The van der Waals surface area contributed by atoms with Crippen molar-refractivity contribution >= 4 is 51.5 Å². The van der Waals surface area contributed by atoms with Gasteiger partial charge in [0.25, 0.3) is 0 Å². The number of hydrogen-bond donors (Lipinski definition) is 2. The fraction of sp³-hybridized carbons (Fsp3) is 0.316. The Kier molecular flexibility index (Phi) is 6.14. The van der Waals surface area contributed by atoms with Crippen LogP contribution in [0.1, 0.15) is 17.7 Å². The van der Waals surface area contributed by atoms with E-state index >= 15 is 0 Å². The van der Waals surface area contributed by atoms with Gasteiger partial charge < -0.3 is 15.5 Å². The Bertz CT molecular complexity index is 877. The molecule has 3 heterocycles. The zero-order chi connectivity index (χ0) is 18.1. The average molecular weight is 452 g/mol. The zero-order valence-electron chi connectivity index (χ0n) is 14.6. The monoisotopic (exact) mass is 450 g/mol. The van der Waals surface area contributed by atoms with E-state index in [1.807, 2.05) is 30.3 Å². The molecule has 4 rings (SSSR count). The number of nitrogens with one attached hydrogen (secondary N) is 2. The molecule has 6 nitrogen and oxygen atoms in total. The zero-order valence-corrected chi connectivity index (χ0v) is 17.0.